The van der Waals surface area contributed by atoms with Gasteiger partial charge in [0.1, 0.15) is 11.6 Å². The zero-order valence-electron chi connectivity index (χ0n) is 17.2. The second-order valence-corrected chi connectivity index (χ2v) is 7.16. The number of rotatable bonds is 7. The van der Waals surface area contributed by atoms with Gasteiger partial charge in [-0.1, -0.05) is 6.07 Å². The molecule has 1 N–H and O–H groups in total. The van der Waals surface area contributed by atoms with Gasteiger partial charge in [-0.2, -0.15) is 0 Å². The molecule has 3 rings (SSSR count). The van der Waals surface area contributed by atoms with E-state index in [2.05, 4.69) is 5.32 Å². The molecule has 2 amide bonds. The largest absolute Gasteiger partial charge is 0.467 e. The third-order valence-electron chi connectivity index (χ3n) is 4.64. The summed E-state index contributed by atoms with van der Waals surface area (Å²) in [5.74, 6) is -0.282. The van der Waals surface area contributed by atoms with Crippen molar-refractivity contribution >= 4 is 23.2 Å². The number of carbonyl (C=O) groups excluding carboxylic acids is 2. The fraction of sp³-hybridized carbons (Fsp3) is 0.217. The van der Waals surface area contributed by atoms with Crippen LogP contribution in [0.3, 0.4) is 0 Å². The summed E-state index contributed by atoms with van der Waals surface area (Å²) in [7, 11) is 3.82. The van der Waals surface area contributed by atoms with Gasteiger partial charge in [-0.25, -0.2) is 4.39 Å². The van der Waals surface area contributed by atoms with Crippen molar-refractivity contribution in [2.45, 2.75) is 20.0 Å². The van der Waals surface area contributed by atoms with Gasteiger partial charge in [0.25, 0.3) is 5.91 Å². The third kappa shape index (κ3) is 5.26. The molecule has 0 aliphatic rings. The first kappa shape index (κ1) is 21.1. The van der Waals surface area contributed by atoms with E-state index in [9.17, 15) is 14.0 Å². The predicted octanol–water partition coefficient (Wildman–Crippen LogP) is 4.29. The Bertz CT molecular complexity index is 1030. The number of hydrogen-bond donors (Lipinski definition) is 1. The quantitative estimate of drug-likeness (QED) is 0.632. The van der Waals surface area contributed by atoms with Crippen LogP contribution in [0.2, 0.25) is 0 Å². The van der Waals surface area contributed by atoms with E-state index in [1.54, 1.807) is 29.4 Å². The fourth-order valence-electron chi connectivity index (χ4n) is 3.13. The number of nitrogens with zero attached hydrogens (tertiary/aromatic N) is 2. The maximum Gasteiger partial charge on any atom is 0.255 e. The van der Waals surface area contributed by atoms with E-state index in [1.165, 1.54) is 25.1 Å². The highest BCUT2D eigenvalue weighted by atomic mass is 19.1. The molecule has 156 valence electrons. The number of anilines is 2. The second-order valence-electron chi connectivity index (χ2n) is 7.16. The van der Waals surface area contributed by atoms with Crippen molar-refractivity contribution < 1.29 is 18.4 Å². The van der Waals surface area contributed by atoms with Crippen LogP contribution in [0, 0.1) is 5.82 Å². The number of amides is 2. The van der Waals surface area contributed by atoms with Crippen molar-refractivity contribution in [3.05, 3.63) is 83.6 Å². The molecule has 0 bridgehead atoms. The lowest BCUT2D eigenvalue weighted by atomic mass is 10.1. The summed E-state index contributed by atoms with van der Waals surface area (Å²) in [5, 5.41) is 2.79. The minimum Gasteiger partial charge on any atom is -0.467 e. The molecule has 0 saturated carbocycles. The SMILES string of the molecule is CC(=O)N(Cc1ccco1)Cc1cc(NC(=O)c2cccc(F)c2)ccc1N(C)C. The smallest absolute Gasteiger partial charge is 0.255 e. The molecule has 0 saturated heterocycles. The van der Waals surface area contributed by atoms with E-state index in [0.717, 1.165) is 11.3 Å². The van der Waals surface area contributed by atoms with Crippen LogP contribution in [0.1, 0.15) is 28.6 Å². The molecule has 3 aromatic rings. The van der Waals surface area contributed by atoms with Gasteiger partial charge in [-0.3, -0.25) is 9.59 Å². The summed E-state index contributed by atoms with van der Waals surface area (Å²) in [4.78, 5) is 28.3. The average molecular weight is 409 g/mol. The lowest BCUT2D eigenvalue weighted by Gasteiger charge is -2.25. The minimum absolute atomic E-state index is 0.0923. The summed E-state index contributed by atoms with van der Waals surface area (Å²) in [6, 6.07) is 14.6. The Labute approximate surface area is 174 Å². The van der Waals surface area contributed by atoms with Crippen LogP contribution in [0.5, 0.6) is 0 Å². The van der Waals surface area contributed by atoms with E-state index in [1.807, 2.05) is 37.2 Å². The zero-order chi connectivity index (χ0) is 21.7. The van der Waals surface area contributed by atoms with Gasteiger partial charge in [0.05, 0.1) is 12.8 Å². The van der Waals surface area contributed by atoms with Gasteiger partial charge in [0.15, 0.2) is 0 Å². The average Bonchev–Trinajstić information content (AvgIpc) is 3.20. The molecule has 6 nitrogen and oxygen atoms in total. The summed E-state index contributed by atoms with van der Waals surface area (Å²) in [6.45, 7) is 2.19. The normalized spacial score (nSPS) is 10.5. The first-order valence-corrected chi connectivity index (χ1v) is 9.48. The van der Waals surface area contributed by atoms with Crippen molar-refractivity contribution in [2.75, 3.05) is 24.3 Å². The lowest BCUT2D eigenvalue weighted by Crippen LogP contribution is -2.28. The topological polar surface area (TPSA) is 65.8 Å². The monoisotopic (exact) mass is 409 g/mol. The highest BCUT2D eigenvalue weighted by molar-refractivity contribution is 6.04. The lowest BCUT2D eigenvalue weighted by molar-refractivity contribution is -0.130. The molecule has 0 aliphatic heterocycles. The van der Waals surface area contributed by atoms with E-state index >= 15 is 0 Å². The van der Waals surface area contributed by atoms with Crippen molar-refractivity contribution in [3.63, 3.8) is 0 Å². The second kappa shape index (κ2) is 9.26. The molecule has 0 radical (unpaired) electrons. The van der Waals surface area contributed by atoms with Crippen LogP contribution >= 0.6 is 0 Å². The number of furan rings is 1. The van der Waals surface area contributed by atoms with E-state index in [4.69, 9.17) is 4.42 Å². The molecule has 30 heavy (non-hydrogen) atoms. The first-order valence-electron chi connectivity index (χ1n) is 9.48. The summed E-state index contributed by atoms with van der Waals surface area (Å²) >= 11 is 0. The van der Waals surface area contributed by atoms with Crippen LogP contribution in [-0.2, 0) is 17.9 Å². The Hall–Kier alpha value is -3.61. The van der Waals surface area contributed by atoms with Crippen LogP contribution in [0.25, 0.3) is 0 Å². The van der Waals surface area contributed by atoms with Gasteiger partial charge >= 0.3 is 0 Å². The van der Waals surface area contributed by atoms with Gasteiger partial charge < -0.3 is 19.5 Å². The molecule has 1 heterocycles. The van der Waals surface area contributed by atoms with Crippen molar-refractivity contribution in [1.29, 1.82) is 0 Å². The molecule has 0 aliphatic carbocycles. The summed E-state index contributed by atoms with van der Waals surface area (Å²) in [6.07, 6.45) is 1.57. The van der Waals surface area contributed by atoms with Crippen molar-refractivity contribution in [3.8, 4) is 0 Å². The van der Waals surface area contributed by atoms with Crippen LogP contribution in [-0.4, -0.2) is 30.8 Å². The predicted molar refractivity (Wildman–Crippen MR) is 114 cm³/mol. The maximum atomic E-state index is 13.4. The number of hydrogen-bond acceptors (Lipinski definition) is 4. The van der Waals surface area contributed by atoms with Gasteiger partial charge in [0.2, 0.25) is 5.91 Å². The Morgan fingerprint density at radius 3 is 2.47 bits per heavy atom. The molecule has 1 aromatic heterocycles. The Balaban J connectivity index is 1.84. The van der Waals surface area contributed by atoms with Gasteiger partial charge in [-0.15, -0.1) is 0 Å². The molecule has 0 atom stereocenters. The van der Waals surface area contributed by atoms with Crippen molar-refractivity contribution in [2.24, 2.45) is 0 Å². The molecular formula is C23H24FN3O3. The minimum atomic E-state index is -0.471. The highest BCUT2D eigenvalue weighted by Gasteiger charge is 2.16. The third-order valence-corrected chi connectivity index (χ3v) is 4.64. The van der Waals surface area contributed by atoms with E-state index < -0.39 is 11.7 Å². The van der Waals surface area contributed by atoms with Crippen LogP contribution in [0.4, 0.5) is 15.8 Å². The van der Waals surface area contributed by atoms with Gasteiger partial charge in [-0.05, 0) is 54.1 Å². The fourth-order valence-corrected chi connectivity index (χ4v) is 3.13. The molecule has 0 unspecified atom stereocenters. The molecule has 2 aromatic carbocycles. The number of benzene rings is 2. The zero-order valence-corrected chi connectivity index (χ0v) is 17.2. The van der Waals surface area contributed by atoms with E-state index in [0.29, 0.717) is 24.5 Å². The molecule has 7 heteroatoms. The Kier molecular flexibility index (Phi) is 6.51. The molecule has 0 spiro atoms. The van der Waals surface area contributed by atoms with Crippen LogP contribution < -0.4 is 10.2 Å². The standard InChI is InChI=1S/C23H24FN3O3/c1-16(28)27(15-21-8-5-11-30-21)14-18-13-20(9-10-22(18)26(2)3)25-23(29)17-6-4-7-19(24)12-17/h4-13H,14-15H2,1-3H3,(H,25,29). The van der Waals surface area contributed by atoms with Gasteiger partial charge in [0, 0.05) is 44.5 Å². The Morgan fingerprint density at radius 2 is 1.83 bits per heavy atom. The number of nitrogens with one attached hydrogen (secondary N) is 1. The maximum absolute atomic E-state index is 13.4. The molecule has 0 fully saturated rings. The van der Waals surface area contributed by atoms with Crippen molar-refractivity contribution in [1.82, 2.24) is 4.90 Å². The number of halogens is 1. The molecular weight excluding hydrogens is 385 g/mol. The summed E-state index contributed by atoms with van der Waals surface area (Å²) in [5.41, 5.74) is 2.58. The first-order chi connectivity index (χ1) is 14.3. The number of carbonyl (C=O) groups is 2. The highest BCUT2D eigenvalue weighted by Crippen LogP contribution is 2.25. The summed E-state index contributed by atoms with van der Waals surface area (Å²) < 4.78 is 18.8. The van der Waals surface area contributed by atoms with E-state index in [-0.39, 0.29) is 11.5 Å². The Morgan fingerprint density at radius 1 is 1.03 bits per heavy atom. The van der Waals surface area contributed by atoms with Crippen LogP contribution in [0.15, 0.2) is 65.3 Å².